The Morgan fingerprint density at radius 2 is 1.57 bits per heavy atom. The average molecular weight is 195 g/mol. The lowest BCUT2D eigenvalue weighted by Crippen LogP contribution is -1.86. The molecule has 1 aromatic rings. The zero-order valence-corrected chi connectivity index (χ0v) is 9.76. The number of anilines is 1. The van der Waals surface area contributed by atoms with Crippen molar-refractivity contribution in [2.24, 2.45) is 5.11 Å². The van der Waals surface area contributed by atoms with Crippen LogP contribution in [0, 0.1) is 5.53 Å². The summed E-state index contributed by atoms with van der Waals surface area (Å²) in [6.45, 7) is 8.00. The lowest BCUT2D eigenvalue weighted by molar-refractivity contribution is 1.15. The lowest BCUT2D eigenvalue weighted by Gasteiger charge is -2.00. The molecule has 0 aliphatic rings. The van der Waals surface area contributed by atoms with Gasteiger partial charge in [-0.05, 0) is 12.1 Å². The quantitative estimate of drug-likeness (QED) is 0.673. The third kappa shape index (κ3) is 5.30. The van der Waals surface area contributed by atoms with Crippen molar-refractivity contribution in [3.05, 3.63) is 24.3 Å². The van der Waals surface area contributed by atoms with Crippen molar-refractivity contribution in [1.82, 2.24) is 0 Å². The molecule has 80 valence electrons. The molecule has 0 spiro atoms. The van der Waals surface area contributed by atoms with Gasteiger partial charge in [-0.2, -0.15) is 5.11 Å². The zero-order valence-electron chi connectivity index (χ0n) is 9.76. The molecule has 0 unspecified atom stereocenters. The molecule has 2 N–H and O–H groups in total. The van der Waals surface area contributed by atoms with Gasteiger partial charge in [0.1, 0.15) is 5.69 Å². The fraction of sp³-hybridized carbons (Fsp3) is 0.455. The normalized spacial score (nSPS) is 7.21. The predicted octanol–water partition coefficient (Wildman–Crippen LogP) is 4.44. The highest BCUT2D eigenvalue weighted by atomic mass is 15.0. The van der Waals surface area contributed by atoms with Crippen molar-refractivity contribution in [3.8, 4) is 0 Å². The number of hydrogen-bond acceptors (Lipinski definition) is 3. The number of rotatable bonds is 2. The van der Waals surface area contributed by atoms with E-state index in [4.69, 9.17) is 5.53 Å². The highest BCUT2D eigenvalue weighted by Gasteiger charge is 1.93. The number of para-hydroxylation sites is 2. The van der Waals surface area contributed by atoms with E-state index in [-0.39, 0.29) is 0 Å². The van der Waals surface area contributed by atoms with Gasteiger partial charge < -0.3 is 5.32 Å². The third-order valence-corrected chi connectivity index (χ3v) is 1.29. The van der Waals surface area contributed by atoms with Gasteiger partial charge in [0.25, 0.3) is 0 Å². The lowest BCUT2D eigenvalue weighted by atomic mass is 10.3. The summed E-state index contributed by atoms with van der Waals surface area (Å²) in [6, 6.07) is 7.43. The molecule has 0 saturated carbocycles. The van der Waals surface area contributed by atoms with Gasteiger partial charge >= 0.3 is 0 Å². The molecule has 0 atom stereocenters. The Balaban J connectivity index is 0. The summed E-state index contributed by atoms with van der Waals surface area (Å²) in [5, 5.41) is 6.26. The van der Waals surface area contributed by atoms with Crippen molar-refractivity contribution in [1.29, 1.82) is 5.53 Å². The SMILES string of the molecule is CC.CC.CNc1ccccc1N=N. The Morgan fingerprint density at radius 3 is 1.93 bits per heavy atom. The number of nitrogens with one attached hydrogen (secondary N) is 2. The molecular formula is C11H21N3. The van der Waals surface area contributed by atoms with Crippen molar-refractivity contribution in [2.45, 2.75) is 27.7 Å². The van der Waals surface area contributed by atoms with Crippen LogP contribution in [0.4, 0.5) is 11.4 Å². The van der Waals surface area contributed by atoms with Crippen LogP contribution in [0.1, 0.15) is 27.7 Å². The van der Waals surface area contributed by atoms with E-state index in [0.717, 1.165) is 5.69 Å². The van der Waals surface area contributed by atoms with Gasteiger partial charge in [0, 0.05) is 7.05 Å². The molecule has 0 aliphatic carbocycles. The summed E-state index contributed by atoms with van der Waals surface area (Å²) in [6.07, 6.45) is 0. The smallest absolute Gasteiger partial charge is 0.108 e. The molecule has 0 fully saturated rings. The molecule has 1 rings (SSSR count). The van der Waals surface area contributed by atoms with Crippen molar-refractivity contribution in [2.75, 3.05) is 12.4 Å². The van der Waals surface area contributed by atoms with E-state index in [0.29, 0.717) is 5.69 Å². The molecule has 1 aromatic carbocycles. The monoisotopic (exact) mass is 195 g/mol. The van der Waals surface area contributed by atoms with Gasteiger partial charge in [0.2, 0.25) is 0 Å². The van der Waals surface area contributed by atoms with Crippen LogP contribution in [0.15, 0.2) is 29.4 Å². The molecule has 0 amide bonds. The Kier molecular flexibility index (Phi) is 12.5. The van der Waals surface area contributed by atoms with E-state index >= 15 is 0 Å². The number of hydrogen-bond donors (Lipinski definition) is 2. The molecule has 0 aliphatic heterocycles. The summed E-state index contributed by atoms with van der Waals surface area (Å²) in [5.41, 5.74) is 8.33. The largest absolute Gasteiger partial charge is 0.386 e. The van der Waals surface area contributed by atoms with Gasteiger partial charge in [-0.25, -0.2) is 5.53 Å². The standard InChI is InChI=1S/C7H9N3.2C2H6/c1-9-6-4-2-3-5-7(6)10-8;2*1-2/h2-5,8-9H,1H3;2*1-2H3. The first-order valence-corrected chi connectivity index (χ1v) is 5.02. The fourth-order valence-corrected chi connectivity index (χ4v) is 0.783. The molecule has 0 radical (unpaired) electrons. The van der Waals surface area contributed by atoms with Gasteiger partial charge in [0.15, 0.2) is 0 Å². The average Bonchev–Trinajstić information content (AvgIpc) is 2.34. The van der Waals surface area contributed by atoms with Gasteiger partial charge in [-0.15, -0.1) is 0 Å². The summed E-state index contributed by atoms with van der Waals surface area (Å²) in [7, 11) is 1.81. The first-order valence-electron chi connectivity index (χ1n) is 5.02. The summed E-state index contributed by atoms with van der Waals surface area (Å²) in [5.74, 6) is 0. The van der Waals surface area contributed by atoms with E-state index < -0.39 is 0 Å². The summed E-state index contributed by atoms with van der Waals surface area (Å²) in [4.78, 5) is 0. The van der Waals surface area contributed by atoms with E-state index in [1.54, 1.807) is 6.07 Å². The minimum Gasteiger partial charge on any atom is -0.386 e. The zero-order chi connectivity index (χ0) is 11.4. The number of benzene rings is 1. The van der Waals surface area contributed by atoms with Gasteiger partial charge in [-0.3, -0.25) is 0 Å². The summed E-state index contributed by atoms with van der Waals surface area (Å²) < 4.78 is 0. The van der Waals surface area contributed by atoms with Crippen LogP contribution in [0.3, 0.4) is 0 Å². The van der Waals surface area contributed by atoms with E-state index in [2.05, 4.69) is 10.4 Å². The highest BCUT2D eigenvalue weighted by molar-refractivity contribution is 5.64. The number of nitrogens with zero attached hydrogens (tertiary/aromatic N) is 1. The maximum Gasteiger partial charge on any atom is 0.108 e. The van der Waals surface area contributed by atoms with Gasteiger partial charge in [0.05, 0.1) is 5.69 Å². The highest BCUT2D eigenvalue weighted by Crippen LogP contribution is 2.22. The second-order valence-electron chi connectivity index (χ2n) is 1.88. The molecule has 0 heterocycles. The molecular weight excluding hydrogens is 174 g/mol. The van der Waals surface area contributed by atoms with Crippen LogP contribution in [0.2, 0.25) is 0 Å². The first kappa shape index (κ1) is 15.1. The minimum atomic E-state index is 0.671. The maximum absolute atomic E-state index is 6.77. The van der Waals surface area contributed by atoms with Crippen LogP contribution in [-0.2, 0) is 0 Å². The molecule has 0 aromatic heterocycles. The van der Waals surface area contributed by atoms with Gasteiger partial charge in [-0.1, -0.05) is 39.8 Å². The molecule has 14 heavy (non-hydrogen) atoms. The summed E-state index contributed by atoms with van der Waals surface area (Å²) >= 11 is 0. The topological polar surface area (TPSA) is 48.2 Å². The van der Waals surface area contributed by atoms with E-state index in [1.165, 1.54) is 0 Å². The fourth-order valence-electron chi connectivity index (χ4n) is 0.783. The van der Waals surface area contributed by atoms with Crippen LogP contribution < -0.4 is 5.32 Å². The van der Waals surface area contributed by atoms with Crippen LogP contribution >= 0.6 is 0 Å². The van der Waals surface area contributed by atoms with E-state index in [9.17, 15) is 0 Å². The Morgan fingerprint density at radius 1 is 1.07 bits per heavy atom. The Labute approximate surface area is 87.1 Å². The van der Waals surface area contributed by atoms with Crippen molar-refractivity contribution >= 4 is 11.4 Å². The maximum atomic E-state index is 6.77. The van der Waals surface area contributed by atoms with Crippen molar-refractivity contribution in [3.63, 3.8) is 0 Å². The van der Waals surface area contributed by atoms with Crippen molar-refractivity contribution < 1.29 is 0 Å². The first-order chi connectivity index (χ1) is 6.88. The molecule has 3 heteroatoms. The third-order valence-electron chi connectivity index (χ3n) is 1.29. The second-order valence-corrected chi connectivity index (χ2v) is 1.88. The van der Waals surface area contributed by atoms with Crippen LogP contribution in [-0.4, -0.2) is 7.05 Å². The molecule has 0 saturated heterocycles. The Hall–Kier alpha value is -1.38. The van der Waals surface area contributed by atoms with Crippen LogP contribution in [0.25, 0.3) is 0 Å². The van der Waals surface area contributed by atoms with E-state index in [1.807, 2.05) is 52.9 Å². The Bertz CT molecular complexity index is 234. The molecule has 3 nitrogen and oxygen atoms in total. The minimum absolute atomic E-state index is 0.671. The predicted molar refractivity (Wildman–Crippen MR) is 63.5 cm³/mol. The molecule has 0 bridgehead atoms. The second kappa shape index (κ2) is 11.6. The van der Waals surface area contributed by atoms with Crippen LogP contribution in [0.5, 0.6) is 0 Å².